The minimum atomic E-state index is -1.16. The molecule has 0 unspecified atom stereocenters. The molecule has 0 aliphatic carbocycles. The minimum absolute atomic E-state index is 0. The monoisotopic (exact) mass is 366 g/mol. The first-order valence-electron chi connectivity index (χ1n) is 5.56. The van der Waals surface area contributed by atoms with Crippen LogP contribution in [0.1, 0.15) is 0 Å². The fourth-order valence-electron chi connectivity index (χ4n) is 1.48. The Balaban J connectivity index is -0.00000162. The van der Waals surface area contributed by atoms with E-state index in [9.17, 15) is 14.4 Å². The van der Waals surface area contributed by atoms with Crippen LogP contribution in [0.3, 0.4) is 0 Å². The molecule has 9 nitrogen and oxygen atoms in total. The van der Waals surface area contributed by atoms with E-state index in [0.29, 0.717) is 0 Å². The Morgan fingerprint density at radius 1 is 0.714 bits per heavy atom. The van der Waals surface area contributed by atoms with Crippen molar-refractivity contribution in [1.82, 2.24) is 9.80 Å². The topological polar surface area (TPSA) is 139 Å². The molecule has 0 heterocycles. The van der Waals surface area contributed by atoms with E-state index in [2.05, 4.69) is 0 Å². The number of nitrogens with zero attached hydrogens (tertiary/aromatic N) is 2. The molecule has 11 heteroatoms. The third-order valence-electron chi connectivity index (χ3n) is 2.23. The average molecular weight is 368 g/mol. The van der Waals surface area contributed by atoms with Crippen molar-refractivity contribution in [2.45, 2.75) is 0 Å². The minimum Gasteiger partial charge on any atom is 0 e. The normalized spacial score (nSPS) is 9.86. The number of carboxylic acid groups (broad SMARTS) is 3. The Labute approximate surface area is 157 Å². The van der Waals surface area contributed by atoms with Crippen molar-refractivity contribution < 1.29 is 54.3 Å². The summed E-state index contributed by atoms with van der Waals surface area (Å²) >= 11 is 0. The molecule has 0 saturated heterocycles. The first-order chi connectivity index (χ1) is 8.85. The zero-order chi connectivity index (χ0) is 14.8. The molecular weight excluding hydrogens is 348 g/mol. The summed E-state index contributed by atoms with van der Waals surface area (Å²) in [6.07, 6.45) is 0. The Bertz CT molecular complexity index is 317. The van der Waals surface area contributed by atoms with Gasteiger partial charge in [0.25, 0.3) is 0 Å². The van der Waals surface area contributed by atoms with Gasteiger partial charge < -0.3 is 20.4 Å². The maximum Gasteiger partial charge on any atom is 0 e. The second kappa shape index (κ2) is 14.8. The van der Waals surface area contributed by atoms with Gasteiger partial charge in [0, 0.05) is 39.1 Å². The number of aliphatic hydroxyl groups excluding tert-OH is 1. The summed E-state index contributed by atoms with van der Waals surface area (Å²) in [6.45, 7) is -1.03. The average Bonchev–Trinajstić information content (AvgIpc) is 2.23. The Kier molecular flexibility index (Phi) is 18.3. The Morgan fingerprint density at radius 2 is 1.05 bits per heavy atom. The van der Waals surface area contributed by atoms with Crippen molar-refractivity contribution in [2.24, 2.45) is 0 Å². The van der Waals surface area contributed by atoms with Crippen LogP contribution >= 0.6 is 0 Å². The van der Waals surface area contributed by atoms with Crippen LogP contribution in [-0.4, -0.2) is 124 Å². The fraction of sp³-hybridized carbons (Fsp3) is 0.700. The van der Waals surface area contributed by atoms with Gasteiger partial charge in [-0.05, 0) is 0 Å². The van der Waals surface area contributed by atoms with Crippen molar-refractivity contribution in [3.8, 4) is 0 Å². The van der Waals surface area contributed by atoms with Gasteiger partial charge in [-0.3, -0.25) is 24.2 Å². The van der Waals surface area contributed by atoms with Crippen molar-refractivity contribution in [3.63, 3.8) is 0 Å². The van der Waals surface area contributed by atoms with Gasteiger partial charge in [0.15, 0.2) is 0 Å². The Morgan fingerprint density at radius 3 is 1.38 bits per heavy atom. The number of rotatable bonds is 11. The summed E-state index contributed by atoms with van der Waals surface area (Å²) in [7, 11) is 0. The molecule has 0 rings (SSSR count). The SMILES string of the molecule is O=C(O)CN(CCO)CCN(CC(=O)O)CC(=O)O.[NaH].[Zn]. The van der Waals surface area contributed by atoms with Gasteiger partial charge in [-0.1, -0.05) is 0 Å². The van der Waals surface area contributed by atoms with Crippen LogP contribution < -0.4 is 0 Å². The number of carboxylic acids is 3. The molecule has 0 atom stereocenters. The second-order valence-corrected chi connectivity index (χ2v) is 3.89. The first kappa shape index (κ1) is 25.8. The number of carbonyl (C=O) groups is 3. The molecule has 0 aromatic rings. The van der Waals surface area contributed by atoms with Gasteiger partial charge in [-0.15, -0.1) is 0 Å². The molecule has 0 amide bonds. The molecule has 0 spiro atoms. The molecule has 0 aliphatic rings. The van der Waals surface area contributed by atoms with Crippen LogP contribution in [0, 0.1) is 0 Å². The first-order valence-corrected chi connectivity index (χ1v) is 5.56. The molecule has 0 saturated carbocycles. The van der Waals surface area contributed by atoms with E-state index in [1.54, 1.807) is 0 Å². The number of hydrogen-bond acceptors (Lipinski definition) is 6. The molecule has 0 aromatic heterocycles. The summed E-state index contributed by atoms with van der Waals surface area (Å²) in [5.41, 5.74) is 0. The van der Waals surface area contributed by atoms with Crippen LogP contribution in [-0.2, 0) is 33.9 Å². The third kappa shape index (κ3) is 16.1. The third-order valence-corrected chi connectivity index (χ3v) is 2.23. The van der Waals surface area contributed by atoms with E-state index >= 15 is 0 Å². The van der Waals surface area contributed by atoms with E-state index in [4.69, 9.17) is 20.4 Å². The van der Waals surface area contributed by atoms with Crippen LogP contribution in [0.15, 0.2) is 0 Å². The van der Waals surface area contributed by atoms with Gasteiger partial charge >= 0.3 is 47.5 Å². The maximum absolute atomic E-state index is 10.6. The van der Waals surface area contributed by atoms with Crippen molar-refractivity contribution >= 4 is 47.5 Å². The van der Waals surface area contributed by atoms with Crippen molar-refractivity contribution in [2.75, 3.05) is 45.9 Å². The summed E-state index contributed by atoms with van der Waals surface area (Å²) in [4.78, 5) is 34.3. The molecule has 4 N–H and O–H groups in total. The van der Waals surface area contributed by atoms with E-state index < -0.39 is 31.0 Å². The molecule has 0 aliphatic heterocycles. The van der Waals surface area contributed by atoms with E-state index in [1.807, 2.05) is 0 Å². The maximum atomic E-state index is 10.6. The summed E-state index contributed by atoms with van der Waals surface area (Å²) in [6, 6.07) is 0. The van der Waals surface area contributed by atoms with Crippen LogP contribution in [0.5, 0.6) is 0 Å². The number of aliphatic carboxylic acids is 3. The Hall–Kier alpha value is -0.0866. The van der Waals surface area contributed by atoms with Crippen LogP contribution in [0.4, 0.5) is 0 Å². The van der Waals surface area contributed by atoms with Crippen molar-refractivity contribution in [1.29, 1.82) is 0 Å². The number of hydrogen-bond donors (Lipinski definition) is 4. The zero-order valence-corrected chi connectivity index (χ0v) is 14.0. The van der Waals surface area contributed by atoms with Gasteiger partial charge in [0.1, 0.15) is 0 Å². The zero-order valence-electron chi connectivity index (χ0n) is 11.1. The molecule has 0 bridgehead atoms. The summed E-state index contributed by atoms with van der Waals surface area (Å²) in [5.74, 6) is -3.39. The quantitative estimate of drug-likeness (QED) is 0.285. The molecule has 0 radical (unpaired) electrons. The van der Waals surface area contributed by atoms with Crippen LogP contribution in [0.2, 0.25) is 0 Å². The largest absolute Gasteiger partial charge is 0 e. The molecule has 21 heavy (non-hydrogen) atoms. The van der Waals surface area contributed by atoms with Gasteiger partial charge in [0.2, 0.25) is 0 Å². The van der Waals surface area contributed by atoms with Gasteiger partial charge in [0.05, 0.1) is 26.2 Å². The van der Waals surface area contributed by atoms with Crippen LogP contribution in [0.25, 0.3) is 0 Å². The predicted octanol–water partition coefficient (Wildman–Crippen LogP) is -2.81. The van der Waals surface area contributed by atoms with Crippen molar-refractivity contribution in [3.05, 3.63) is 0 Å². The van der Waals surface area contributed by atoms with Gasteiger partial charge in [-0.2, -0.15) is 0 Å². The summed E-state index contributed by atoms with van der Waals surface area (Å²) < 4.78 is 0. The second-order valence-electron chi connectivity index (χ2n) is 3.89. The van der Waals surface area contributed by atoms with Gasteiger partial charge in [-0.25, -0.2) is 0 Å². The van der Waals surface area contributed by atoms with E-state index in [0.717, 1.165) is 0 Å². The van der Waals surface area contributed by atoms with E-state index in [-0.39, 0.29) is 81.8 Å². The predicted molar refractivity (Wildman–Crippen MR) is 70.0 cm³/mol. The molecule has 0 fully saturated rings. The molecule has 0 aromatic carbocycles. The summed E-state index contributed by atoms with van der Waals surface area (Å²) in [5, 5.41) is 34.7. The molecule has 114 valence electrons. The molecular formula is C10H19N2NaO7Zn. The smallest absolute Gasteiger partial charge is 0 e. The fourth-order valence-corrected chi connectivity index (χ4v) is 1.48. The van der Waals surface area contributed by atoms with E-state index in [1.165, 1.54) is 9.80 Å². The number of aliphatic hydroxyl groups is 1. The standard InChI is InChI=1S/C10H18N2O7.Na.Zn.H/c13-4-3-11(5-8(14)15)1-2-12(6-9(16)17)7-10(18)19;;;/h13H,1-7H2,(H,14,15)(H,16,17)(H,18,19);;;.